The van der Waals surface area contributed by atoms with Crippen LogP contribution in [-0.2, 0) is 26.8 Å². The van der Waals surface area contributed by atoms with Crippen LogP contribution in [0.2, 0.25) is 10.0 Å². The van der Waals surface area contributed by atoms with Crippen LogP contribution in [0.25, 0.3) is 10.2 Å². The van der Waals surface area contributed by atoms with E-state index in [4.69, 9.17) is 33.0 Å². The first-order chi connectivity index (χ1) is 21.6. The minimum atomic E-state index is -3.50. The van der Waals surface area contributed by atoms with Gasteiger partial charge >= 0.3 is 5.97 Å². The number of carboxylic acids is 1. The molecule has 0 unspecified atom stereocenters. The molecule has 0 radical (unpaired) electrons. The molecule has 1 aromatic heterocycles. The van der Waals surface area contributed by atoms with Gasteiger partial charge in [0.05, 0.1) is 26.6 Å². The molecule has 4 aromatic carbocycles. The van der Waals surface area contributed by atoms with Crippen LogP contribution in [0.15, 0.2) is 94.2 Å². The lowest BCUT2D eigenvalue weighted by molar-refractivity contribution is -0.139. The molecule has 0 aliphatic heterocycles. The van der Waals surface area contributed by atoms with Crippen molar-refractivity contribution < 1.29 is 27.9 Å². The van der Waals surface area contributed by atoms with Gasteiger partial charge in [-0.3, -0.25) is 4.79 Å². The van der Waals surface area contributed by atoms with E-state index in [-0.39, 0.29) is 22.1 Å². The van der Waals surface area contributed by atoms with Gasteiger partial charge in [0.15, 0.2) is 20.8 Å². The third-order valence-electron chi connectivity index (χ3n) is 6.60. The fourth-order valence-electron chi connectivity index (χ4n) is 4.35. The van der Waals surface area contributed by atoms with Crippen LogP contribution in [0.5, 0.6) is 5.75 Å². The fraction of sp³-hybridized carbons (Fsp3) is 0.156. The average Bonchev–Trinajstić information content (AvgIpc) is 3.42. The quantitative estimate of drug-likeness (QED) is 0.118. The van der Waals surface area contributed by atoms with Crippen molar-refractivity contribution in [2.24, 2.45) is 0 Å². The molecule has 0 aliphatic carbocycles. The first-order valence-electron chi connectivity index (χ1n) is 13.6. The lowest BCUT2D eigenvalue weighted by Crippen LogP contribution is -2.15. The SMILES string of the molecule is O=C(O)COc1ccc(CCCS(=O)(=O)c2ccc(Cl)cc2)cc1NC(=O)c1ccc(CSc2nc3cc(Cl)ccc3s2)cc1. The largest absolute Gasteiger partial charge is 0.480 e. The maximum absolute atomic E-state index is 13.2. The van der Waals surface area contributed by atoms with Crippen molar-refractivity contribution in [3.63, 3.8) is 0 Å². The predicted octanol–water partition coefficient (Wildman–Crippen LogP) is 8.02. The molecule has 0 bridgehead atoms. The van der Waals surface area contributed by atoms with Crippen molar-refractivity contribution in [2.75, 3.05) is 17.7 Å². The van der Waals surface area contributed by atoms with E-state index in [1.54, 1.807) is 53.4 Å². The molecule has 0 fully saturated rings. The highest BCUT2D eigenvalue weighted by Gasteiger charge is 2.16. The number of rotatable bonds is 13. The monoisotopic (exact) mass is 700 g/mol. The van der Waals surface area contributed by atoms with Gasteiger partial charge in [-0.05, 0) is 90.7 Å². The van der Waals surface area contributed by atoms with E-state index in [0.717, 1.165) is 25.7 Å². The number of carbonyl (C=O) groups is 2. The summed E-state index contributed by atoms with van der Waals surface area (Å²) in [6.07, 6.45) is 0.737. The van der Waals surface area contributed by atoms with Crippen LogP contribution >= 0.6 is 46.3 Å². The summed E-state index contributed by atoms with van der Waals surface area (Å²) in [5, 5.41) is 13.0. The summed E-state index contributed by atoms with van der Waals surface area (Å²) in [6, 6.07) is 23.8. The van der Waals surface area contributed by atoms with Crippen LogP contribution in [0.4, 0.5) is 5.69 Å². The first kappa shape index (κ1) is 32.8. The molecule has 2 N–H and O–H groups in total. The van der Waals surface area contributed by atoms with Crippen LogP contribution in [-0.4, -0.2) is 42.7 Å². The zero-order valence-electron chi connectivity index (χ0n) is 23.5. The van der Waals surface area contributed by atoms with E-state index in [0.29, 0.717) is 34.2 Å². The third-order valence-corrected chi connectivity index (χ3v) is 11.2. The highest BCUT2D eigenvalue weighted by molar-refractivity contribution is 8.00. The summed E-state index contributed by atoms with van der Waals surface area (Å²) in [5.74, 6) is -0.788. The second-order valence-electron chi connectivity index (χ2n) is 9.92. The molecule has 0 aliphatic rings. The Kier molecular flexibility index (Phi) is 10.7. The van der Waals surface area contributed by atoms with E-state index in [9.17, 15) is 18.0 Å². The van der Waals surface area contributed by atoms with E-state index in [1.165, 1.54) is 24.3 Å². The molecule has 0 atom stereocenters. The molecule has 1 heterocycles. The highest BCUT2D eigenvalue weighted by atomic mass is 35.5. The number of fused-ring (bicyclic) bond motifs is 1. The number of nitrogens with zero attached hydrogens (tertiary/aromatic N) is 1. The van der Waals surface area contributed by atoms with Crippen molar-refractivity contribution in [1.82, 2.24) is 4.98 Å². The van der Waals surface area contributed by atoms with Crippen molar-refractivity contribution in [2.45, 2.75) is 27.8 Å². The molecule has 45 heavy (non-hydrogen) atoms. The van der Waals surface area contributed by atoms with Gasteiger partial charge in [-0.2, -0.15) is 0 Å². The summed E-state index contributed by atoms with van der Waals surface area (Å²) in [5.41, 5.74) is 3.32. The van der Waals surface area contributed by atoms with E-state index in [2.05, 4.69) is 10.3 Å². The van der Waals surface area contributed by atoms with Gasteiger partial charge in [0.25, 0.3) is 5.91 Å². The Morgan fingerprint density at radius 2 is 1.62 bits per heavy atom. The van der Waals surface area contributed by atoms with Crippen LogP contribution in [0, 0.1) is 0 Å². The number of thiazole rings is 1. The molecule has 8 nitrogen and oxygen atoms in total. The van der Waals surface area contributed by atoms with E-state index in [1.807, 2.05) is 30.3 Å². The maximum Gasteiger partial charge on any atom is 0.341 e. The Morgan fingerprint density at radius 3 is 2.36 bits per heavy atom. The van der Waals surface area contributed by atoms with Crippen molar-refractivity contribution in [3.05, 3.63) is 112 Å². The number of hydrogen-bond acceptors (Lipinski definition) is 8. The number of ether oxygens (including phenoxy) is 1. The third kappa shape index (κ3) is 8.99. The Bertz CT molecular complexity index is 1950. The molecule has 0 saturated heterocycles. The molecule has 0 spiro atoms. The summed E-state index contributed by atoms with van der Waals surface area (Å²) in [4.78, 5) is 29.1. The lowest BCUT2D eigenvalue weighted by Gasteiger charge is -2.14. The molecule has 232 valence electrons. The molecule has 0 saturated carbocycles. The van der Waals surface area contributed by atoms with Crippen LogP contribution in [0.3, 0.4) is 0 Å². The maximum atomic E-state index is 13.2. The van der Waals surface area contributed by atoms with E-state index < -0.39 is 28.3 Å². The standard InChI is InChI=1S/C32H26Cl2N2O6S3/c33-23-8-11-25(12-9-23)45(40,41)15-1-2-20-5-13-28(42-18-30(37)38)26(16-20)35-31(39)22-6-3-21(4-7-22)19-43-32-36-27-17-24(34)10-14-29(27)44-32/h3-14,16-17H,1-2,15,18-19H2,(H,35,39)(H,37,38). The average molecular weight is 702 g/mol. The van der Waals surface area contributed by atoms with Crippen LogP contribution in [0.1, 0.15) is 27.9 Å². The smallest absolute Gasteiger partial charge is 0.341 e. The van der Waals surface area contributed by atoms with Gasteiger partial charge < -0.3 is 15.2 Å². The van der Waals surface area contributed by atoms with Gasteiger partial charge in [-0.15, -0.1) is 11.3 Å². The number of aliphatic carboxylic acids is 1. The highest BCUT2D eigenvalue weighted by Crippen LogP contribution is 2.33. The van der Waals surface area contributed by atoms with Gasteiger partial charge in [0, 0.05) is 21.4 Å². The molecule has 1 amide bonds. The van der Waals surface area contributed by atoms with Crippen LogP contribution < -0.4 is 10.1 Å². The number of aryl methyl sites for hydroxylation is 1. The van der Waals surface area contributed by atoms with Gasteiger partial charge in [0.1, 0.15) is 5.75 Å². The second-order valence-corrected chi connectivity index (χ2v) is 15.2. The summed E-state index contributed by atoms with van der Waals surface area (Å²) < 4.78 is 32.8. The number of hydrogen-bond donors (Lipinski definition) is 2. The lowest BCUT2D eigenvalue weighted by atomic mass is 10.1. The Labute approximate surface area is 278 Å². The zero-order chi connectivity index (χ0) is 32.0. The minimum Gasteiger partial charge on any atom is -0.480 e. The topological polar surface area (TPSA) is 123 Å². The summed E-state index contributed by atoms with van der Waals surface area (Å²) >= 11 is 15.1. The molecule has 5 aromatic rings. The number of anilines is 1. The predicted molar refractivity (Wildman–Crippen MR) is 180 cm³/mol. The normalized spacial score (nSPS) is 11.4. The Morgan fingerprint density at radius 1 is 0.911 bits per heavy atom. The van der Waals surface area contributed by atoms with Gasteiger partial charge in [0.2, 0.25) is 0 Å². The summed E-state index contributed by atoms with van der Waals surface area (Å²) in [6.45, 7) is -0.588. The molecule has 5 rings (SSSR count). The number of carbonyl (C=O) groups excluding carboxylic acids is 1. The number of thioether (sulfide) groups is 1. The zero-order valence-corrected chi connectivity index (χ0v) is 27.5. The first-order valence-corrected chi connectivity index (χ1v) is 17.8. The fourth-order valence-corrected chi connectivity index (χ4v) is 7.96. The number of nitrogens with one attached hydrogen (secondary N) is 1. The van der Waals surface area contributed by atoms with Crippen molar-refractivity contribution in [1.29, 1.82) is 0 Å². The number of benzene rings is 4. The molecular weight excluding hydrogens is 675 g/mol. The number of aromatic nitrogens is 1. The molecule has 13 heteroatoms. The van der Waals surface area contributed by atoms with Gasteiger partial charge in [-0.1, -0.05) is 53.2 Å². The van der Waals surface area contributed by atoms with Gasteiger partial charge in [-0.25, -0.2) is 18.2 Å². The Balaban J connectivity index is 1.22. The second kappa shape index (κ2) is 14.7. The number of halogens is 2. The number of amides is 1. The van der Waals surface area contributed by atoms with E-state index >= 15 is 0 Å². The number of carboxylic acid groups (broad SMARTS) is 1. The minimum absolute atomic E-state index is 0.0778. The number of sulfone groups is 1. The summed E-state index contributed by atoms with van der Waals surface area (Å²) in [7, 11) is -3.50. The van der Waals surface area contributed by atoms with Crippen molar-refractivity contribution >= 4 is 83.9 Å². The molecular formula is C32H26Cl2N2O6S3. The Hall–Kier alpha value is -3.61. The van der Waals surface area contributed by atoms with Crippen molar-refractivity contribution in [3.8, 4) is 5.75 Å².